The van der Waals surface area contributed by atoms with Crippen LogP contribution in [0.5, 0.6) is 5.75 Å². The number of nitrogens with one attached hydrogen (secondary N) is 2. The number of guanidine groups is 1. The topological polar surface area (TPSA) is 78.8 Å². The molecule has 0 aliphatic carbocycles. The van der Waals surface area contributed by atoms with Crippen molar-refractivity contribution in [3.63, 3.8) is 0 Å². The second kappa shape index (κ2) is 10.2. The fourth-order valence-corrected chi connectivity index (χ4v) is 1.99. The summed E-state index contributed by atoms with van der Waals surface area (Å²) in [5, 5.41) is 16.2. The smallest absolute Gasteiger partial charge is 0.191 e. The normalized spacial score (nSPS) is 12.5. The fourth-order valence-electron chi connectivity index (χ4n) is 1.99. The van der Waals surface area contributed by atoms with Crippen molar-refractivity contribution < 1.29 is 14.2 Å². The van der Waals surface area contributed by atoms with Crippen LogP contribution in [0, 0.1) is 5.82 Å². The number of aromatic nitrogens is 1. The minimum absolute atomic E-state index is 0.0955. The molecule has 0 radical (unpaired) electrons. The van der Waals surface area contributed by atoms with E-state index in [0.29, 0.717) is 24.8 Å². The molecule has 134 valence electrons. The number of ether oxygens (including phenoxy) is 1. The lowest BCUT2D eigenvalue weighted by atomic mass is 10.3. The Bertz CT molecular complexity index is 650. The molecule has 3 N–H and O–H groups in total. The quantitative estimate of drug-likeness (QED) is 0.501. The zero-order valence-electron chi connectivity index (χ0n) is 14.2. The Morgan fingerprint density at radius 2 is 2.04 bits per heavy atom. The number of hydrogen-bond acceptors (Lipinski definition) is 4. The summed E-state index contributed by atoms with van der Waals surface area (Å²) in [5.74, 6) is 0.777. The Labute approximate surface area is 146 Å². The van der Waals surface area contributed by atoms with Gasteiger partial charge in [0.15, 0.2) is 5.96 Å². The number of rotatable bonds is 8. The van der Waals surface area contributed by atoms with Crippen LogP contribution in [0.25, 0.3) is 0 Å². The lowest BCUT2D eigenvalue weighted by Gasteiger charge is -2.16. The zero-order chi connectivity index (χ0) is 17.9. The van der Waals surface area contributed by atoms with Crippen LogP contribution in [0.1, 0.15) is 12.6 Å². The highest BCUT2D eigenvalue weighted by atomic mass is 19.1. The van der Waals surface area contributed by atoms with E-state index in [0.717, 1.165) is 5.69 Å². The van der Waals surface area contributed by atoms with Gasteiger partial charge in [0, 0.05) is 19.3 Å². The van der Waals surface area contributed by atoms with E-state index in [1.165, 1.54) is 24.3 Å². The van der Waals surface area contributed by atoms with Gasteiger partial charge in [-0.3, -0.25) is 4.98 Å². The van der Waals surface area contributed by atoms with Crippen LogP contribution in [-0.4, -0.2) is 41.9 Å². The molecule has 0 aliphatic rings. The van der Waals surface area contributed by atoms with Crippen molar-refractivity contribution in [2.75, 3.05) is 19.7 Å². The van der Waals surface area contributed by atoms with Gasteiger partial charge in [0.1, 0.15) is 24.3 Å². The van der Waals surface area contributed by atoms with Crippen molar-refractivity contribution in [1.29, 1.82) is 0 Å². The van der Waals surface area contributed by atoms with Crippen molar-refractivity contribution in [2.45, 2.75) is 19.6 Å². The standard InChI is InChI=1S/C18H23FN4O2/c1-2-20-18(22-11-15-5-3-4-10-21-15)23-12-16(24)13-25-17-8-6-14(19)7-9-17/h3-10,16,24H,2,11-13H2,1H3,(H2,20,22,23). The van der Waals surface area contributed by atoms with E-state index in [-0.39, 0.29) is 19.0 Å². The molecular weight excluding hydrogens is 323 g/mol. The lowest BCUT2D eigenvalue weighted by Crippen LogP contribution is -2.42. The van der Waals surface area contributed by atoms with Gasteiger partial charge in [0.05, 0.1) is 12.2 Å². The maximum absolute atomic E-state index is 12.8. The average Bonchev–Trinajstić information content (AvgIpc) is 2.64. The molecule has 1 aromatic heterocycles. The van der Waals surface area contributed by atoms with Crippen LogP contribution < -0.4 is 15.4 Å². The van der Waals surface area contributed by atoms with Gasteiger partial charge in [-0.1, -0.05) is 6.07 Å². The second-order valence-electron chi connectivity index (χ2n) is 5.32. The van der Waals surface area contributed by atoms with Crippen molar-refractivity contribution in [1.82, 2.24) is 15.6 Å². The molecule has 0 saturated heterocycles. The molecule has 0 spiro atoms. The summed E-state index contributed by atoms with van der Waals surface area (Å²) < 4.78 is 18.2. The number of halogens is 1. The van der Waals surface area contributed by atoms with Crippen LogP contribution in [-0.2, 0) is 6.54 Å². The number of aliphatic hydroxyl groups excluding tert-OH is 1. The monoisotopic (exact) mass is 346 g/mol. The third-order valence-corrected chi connectivity index (χ3v) is 3.23. The highest BCUT2D eigenvalue weighted by molar-refractivity contribution is 5.79. The van der Waals surface area contributed by atoms with Crippen molar-refractivity contribution >= 4 is 5.96 Å². The minimum Gasteiger partial charge on any atom is -0.491 e. The summed E-state index contributed by atoms with van der Waals surface area (Å²) in [6.45, 7) is 3.48. The molecule has 0 fully saturated rings. The Kier molecular flexibility index (Phi) is 7.65. The van der Waals surface area contributed by atoms with Gasteiger partial charge in [-0.2, -0.15) is 0 Å². The lowest BCUT2D eigenvalue weighted by molar-refractivity contribution is 0.110. The van der Waals surface area contributed by atoms with E-state index < -0.39 is 6.10 Å². The Morgan fingerprint density at radius 1 is 1.24 bits per heavy atom. The molecule has 0 aliphatic heterocycles. The zero-order valence-corrected chi connectivity index (χ0v) is 14.2. The Morgan fingerprint density at radius 3 is 2.72 bits per heavy atom. The highest BCUT2D eigenvalue weighted by Gasteiger charge is 2.07. The first-order chi connectivity index (χ1) is 12.2. The third-order valence-electron chi connectivity index (χ3n) is 3.23. The van der Waals surface area contributed by atoms with E-state index in [4.69, 9.17) is 4.74 Å². The number of aliphatic hydroxyl groups is 1. The summed E-state index contributed by atoms with van der Waals surface area (Å²) in [6.07, 6.45) is 0.991. The first-order valence-corrected chi connectivity index (χ1v) is 8.16. The number of benzene rings is 1. The van der Waals surface area contributed by atoms with Gasteiger partial charge < -0.3 is 20.5 Å². The summed E-state index contributed by atoms with van der Waals surface area (Å²) in [7, 11) is 0. The SMILES string of the molecule is CCNC(=NCc1ccccn1)NCC(O)COc1ccc(F)cc1. The molecule has 2 aromatic rings. The highest BCUT2D eigenvalue weighted by Crippen LogP contribution is 2.11. The van der Waals surface area contributed by atoms with Gasteiger partial charge >= 0.3 is 0 Å². The number of aliphatic imine (C=N–C) groups is 1. The molecule has 1 unspecified atom stereocenters. The molecule has 1 atom stereocenters. The van der Waals surface area contributed by atoms with Crippen molar-refractivity contribution in [3.05, 3.63) is 60.2 Å². The predicted octanol–water partition coefficient (Wildman–Crippen LogP) is 1.72. The first-order valence-electron chi connectivity index (χ1n) is 8.16. The van der Waals surface area contributed by atoms with Crippen LogP contribution >= 0.6 is 0 Å². The van der Waals surface area contributed by atoms with E-state index >= 15 is 0 Å². The molecule has 6 nitrogen and oxygen atoms in total. The third kappa shape index (κ3) is 7.17. The van der Waals surface area contributed by atoms with Gasteiger partial charge in [-0.15, -0.1) is 0 Å². The van der Waals surface area contributed by atoms with Gasteiger partial charge in [0.2, 0.25) is 0 Å². The second-order valence-corrected chi connectivity index (χ2v) is 5.32. The summed E-state index contributed by atoms with van der Waals surface area (Å²) >= 11 is 0. The van der Waals surface area contributed by atoms with Gasteiger partial charge in [-0.05, 0) is 43.3 Å². The van der Waals surface area contributed by atoms with E-state index in [1.54, 1.807) is 6.20 Å². The molecule has 7 heteroatoms. The minimum atomic E-state index is -0.733. The van der Waals surface area contributed by atoms with Gasteiger partial charge in [-0.25, -0.2) is 9.38 Å². The van der Waals surface area contributed by atoms with E-state index in [9.17, 15) is 9.50 Å². The van der Waals surface area contributed by atoms with Gasteiger partial charge in [0.25, 0.3) is 0 Å². The number of hydrogen-bond donors (Lipinski definition) is 3. The van der Waals surface area contributed by atoms with Crippen LogP contribution in [0.3, 0.4) is 0 Å². The van der Waals surface area contributed by atoms with Crippen molar-refractivity contribution in [2.24, 2.45) is 4.99 Å². The molecule has 1 heterocycles. The first kappa shape index (κ1) is 18.7. The van der Waals surface area contributed by atoms with Crippen LogP contribution in [0.15, 0.2) is 53.7 Å². The van der Waals surface area contributed by atoms with E-state index in [1.807, 2.05) is 25.1 Å². The fraction of sp³-hybridized carbons (Fsp3) is 0.333. The number of pyridine rings is 1. The summed E-state index contributed by atoms with van der Waals surface area (Å²) in [5.41, 5.74) is 0.861. The Balaban J connectivity index is 1.78. The maximum atomic E-state index is 12.8. The largest absolute Gasteiger partial charge is 0.491 e. The van der Waals surface area contributed by atoms with E-state index in [2.05, 4.69) is 20.6 Å². The summed E-state index contributed by atoms with van der Waals surface area (Å²) in [6, 6.07) is 11.3. The maximum Gasteiger partial charge on any atom is 0.191 e. The van der Waals surface area contributed by atoms with Crippen molar-refractivity contribution in [3.8, 4) is 5.75 Å². The van der Waals surface area contributed by atoms with Crippen LogP contribution in [0.2, 0.25) is 0 Å². The molecule has 1 aromatic carbocycles. The Hall–Kier alpha value is -2.67. The molecule has 25 heavy (non-hydrogen) atoms. The average molecular weight is 346 g/mol. The predicted molar refractivity (Wildman–Crippen MR) is 95.0 cm³/mol. The molecule has 2 rings (SSSR count). The summed E-state index contributed by atoms with van der Waals surface area (Å²) in [4.78, 5) is 8.64. The van der Waals surface area contributed by atoms with Crippen LogP contribution in [0.4, 0.5) is 4.39 Å². The molecule has 0 saturated carbocycles. The molecule has 0 amide bonds. The molecular formula is C18H23FN4O2. The number of nitrogens with zero attached hydrogens (tertiary/aromatic N) is 2. The molecule has 0 bridgehead atoms.